The Morgan fingerprint density at radius 2 is 2.17 bits per heavy atom. The Labute approximate surface area is 141 Å². The SMILES string of the molecule is CN(CC1CCCC1O)C(=O)Nc1ccn(Cc2ccncc2)n1. The van der Waals surface area contributed by atoms with Gasteiger partial charge >= 0.3 is 6.03 Å². The Balaban J connectivity index is 1.53. The van der Waals surface area contributed by atoms with E-state index in [9.17, 15) is 9.90 Å². The molecule has 1 aliphatic carbocycles. The quantitative estimate of drug-likeness (QED) is 0.878. The van der Waals surface area contributed by atoms with Crippen LogP contribution in [0.4, 0.5) is 10.6 Å². The fourth-order valence-corrected chi connectivity index (χ4v) is 3.06. The van der Waals surface area contributed by atoms with Gasteiger partial charge in [-0.2, -0.15) is 5.10 Å². The van der Waals surface area contributed by atoms with Crippen LogP contribution in [-0.4, -0.2) is 50.5 Å². The summed E-state index contributed by atoms with van der Waals surface area (Å²) in [5.74, 6) is 0.692. The van der Waals surface area contributed by atoms with Gasteiger partial charge in [0, 0.05) is 44.2 Å². The second-order valence-electron chi connectivity index (χ2n) is 6.32. The monoisotopic (exact) mass is 329 g/mol. The Morgan fingerprint density at radius 3 is 2.88 bits per heavy atom. The Morgan fingerprint density at radius 1 is 1.38 bits per heavy atom. The highest BCUT2D eigenvalue weighted by atomic mass is 16.3. The first-order valence-electron chi connectivity index (χ1n) is 8.24. The number of anilines is 1. The van der Waals surface area contributed by atoms with Gasteiger partial charge in [0.2, 0.25) is 0 Å². The van der Waals surface area contributed by atoms with E-state index in [0.717, 1.165) is 24.8 Å². The number of urea groups is 1. The summed E-state index contributed by atoms with van der Waals surface area (Å²) in [6.45, 7) is 1.19. The van der Waals surface area contributed by atoms with Gasteiger partial charge in [0.15, 0.2) is 5.82 Å². The summed E-state index contributed by atoms with van der Waals surface area (Å²) in [5, 5.41) is 17.0. The summed E-state index contributed by atoms with van der Waals surface area (Å²) < 4.78 is 1.77. The molecule has 1 fully saturated rings. The highest BCUT2D eigenvalue weighted by molar-refractivity contribution is 5.88. The van der Waals surface area contributed by atoms with Crippen LogP contribution in [-0.2, 0) is 6.54 Å². The first kappa shape index (κ1) is 16.4. The molecule has 2 atom stereocenters. The van der Waals surface area contributed by atoms with Gasteiger partial charge in [0.1, 0.15) is 0 Å². The summed E-state index contributed by atoms with van der Waals surface area (Å²) in [4.78, 5) is 17.9. The number of aliphatic hydroxyl groups excluding tert-OH is 1. The van der Waals surface area contributed by atoms with Gasteiger partial charge in [0.05, 0.1) is 12.6 Å². The van der Waals surface area contributed by atoms with Gasteiger partial charge in [-0.05, 0) is 30.5 Å². The summed E-state index contributed by atoms with van der Waals surface area (Å²) >= 11 is 0. The molecule has 0 bridgehead atoms. The van der Waals surface area contributed by atoms with E-state index in [-0.39, 0.29) is 18.1 Å². The lowest BCUT2D eigenvalue weighted by Gasteiger charge is -2.23. The minimum atomic E-state index is -0.292. The molecule has 128 valence electrons. The maximum Gasteiger partial charge on any atom is 0.322 e. The highest BCUT2D eigenvalue weighted by Crippen LogP contribution is 2.26. The minimum Gasteiger partial charge on any atom is -0.393 e. The third-order valence-corrected chi connectivity index (χ3v) is 4.44. The fourth-order valence-electron chi connectivity index (χ4n) is 3.06. The Hall–Kier alpha value is -2.41. The van der Waals surface area contributed by atoms with E-state index < -0.39 is 0 Å². The number of nitrogens with zero attached hydrogens (tertiary/aromatic N) is 4. The number of pyridine rings is 1. The van der Waals surface area contributed by atoms with Crippen molar-refractivity contribution in [3.8, 4) is 0 Å². The van der Waals surface area contributed by atoms with Crippen LogP contribution in [0.3, 0.4) is 0 Å². The second kappa shape index (κ2) is 7.44. The summed E-state index contributed by atoms with van der Waals surface area (Å²) in [6.07, 6.45) is 7.86. The number of aromatic nitrogens is 3. The van der Waals surface area contributed by atoms with Crippen LogP contribution in [0.25, 0.3) is 0 Å². The van der Waals surface area contributed by atoms with Crippen LogP contribution in [0.1, 0.15) is 24.8 Å². The highest BCUT2D eigenvalue weighted by Gasteiger charge is 2.27. The number of hydrogen-bond donors (Lipinski definition) is 2. The number of nitrogens with one attached hydrogen (secondary N) is 1. The van der Waals surface area contributed by atoms with Crippen LogP contribution in [0.5, 0.6) is 0 Å². The molecular formula is C17H23N5O2. The number of carbonyl (C=O) groups is 1. The van der Waals surface area contributed by atoms with Gasteiger partial charge in [-0.15, -0.1) is 0 Å². The fraction of sp³-hybridized carbons (Fsp3) is 0.471. The zero-order valence-corrected chi connectivity index (χ0v) is 13.8. The summed E-state index contributed by atoms with van der Waals surface area (Å²) in [5.41, 5.74) is 1.10. The molecule has 0 aliphatic heterocycles. The van der Waals surface area contributed by atoms with Crippen molar-refractivity contribution in [3.63, 3.8) is 0 Å². The van der Waals surface area contributed by atoms with E-state index >= 15 is 0 Å². The Kier molecular flexibility index (Phi) is 5.10. The molecule has 2 aromatic heterocycles. The van der Waals surface area contributed by atoms with Gasteiger partial charge in [-0.3, -0.25) is 15.0 Å². The average molecular weight is 329 g/mol. The molecule has 2 heterocycles. The predicted octanol–water partition coefficient (Wildman–Crippen LogP) is 1.95. The predicted molar refractivity (Wildman–Crippen MR) is 90.6 cm³/mol. The third-order valence-electron chi connectivity index (χ3n) is 4.44. The molecule has 24 heavy (non-hydrogen) atoms. The molecule has 2 unspecified atom stereocenters. The molecule has 7 nitrogen and oxygen atoms in total. The van der Waals surface area contributed by atoms with Crippen LogP contribution >= 0.6 is 0 Å². The molecule has 1 saturated carbocycles. The van der Waals surface area contributed by atoms with E-state index in [0.29, 0.717) is 18.9 Å². The molecular weight excluding hydrogens is 306 g/mol. The molecule has 2 amide bonds. The van der Waals surface area contributed by atoms with Crippen molar-refractivity contribution >= 4 is 11.8 Å². The van der Waals surface area contributed by atoms with Crippen molar-refractivity contribution in [2.45, 2.75) is 31.9 Å². The average Bonchev–Trinajstić information content (AvgIpc) is 3.18. The lowest BCUT2D eigenvalue weighted by Crippen LogP contribution is -2.37. The van der Waals surface area contributed by atoms with E-state index in [1.54, 1.807) is 35.1 Å². The summed E-state index contributed by atoms with van der Waals surface area (Å²) in [7, 11) is 1.74. The lowest BCUT2D eigenvalue weighted by molar-refractivity contribution is 0.116. The van der Waals surface area contributed by atoms with Gasteiger partial charge < -0.3 is 10.0 Å². The van der Waals surface area contributed by atoms with E-state index in [4.69, 9.17) is 0 Å². The minimum absolute atomic E-state index is 0.171. The topological polar surface area (TPSA) is 83.3 Å². The number of hydrogen-bond acceptors (Lipinski definition) is 4. The summed E-state index contributed by atoms with van der Waals surface area (Å²) in [6, 6.07) is 5.43. The number of carbonyl (C=O) groups excluding carboxylic acids is 1. The maximum absolute atomic E-state index is 12.3. The molecule has 0 radical (unpaired) electrons. The molecule has 2 N–H and O–H groups in total. The van der Waals surface area contributed by atoms with Crippen molar-refractivity contribution in [1.29, 1.82) is 0 Å². The normalized spacial score (nSPS) is 20.1. The zero-order valence-electron chi connectivity index (χ0n) is 13.8. The number of amides is 2. The van der Waals surface area contributed by atoms with E-state index in [1.807, 2.05) is 18.3 Å². The molecule has 0 spiro atoms. The standard InChI is InChI=1S/C17H23N5O2/c1-21(12-14-3-2-4-15(14)23)17(24)19-16-7-10-22(20-16)11-13-5-8-18-9-6-13/h5-10,14-15,23H,2-4,11-12H2,1H3,(H,19,20,24). The second-order valence-corrected chi connectivity index (χ2v) is 6.32. The molecule has 0 saturated heterocycles. The van der Waals surface area contributed by atoms with Crippen LogP contribution < -0.4 is 5.32 Å². The third kappa shape index (κ3) is 4.11. The number of aliphatic hydroxyl groups is 1. The van der Waals surface area contributed by atoms with E-state index in [2.05, 4.69) is 15.4 Å². The molecule has 2 aromatic rings. The van der Waals surface area contributed by atoms with Crippen molar-refractivity contribution < 1.29 is 9.90 Å². The Bertz CT molecular complexity index is 673. The van der Waals surface area contributed by atoms with Crippen LogP contribution in [0.15, 0.2) is 36.8 Å². The largest absolute Gasteiger partial charge is 0.393 e. The smallest absolute Gasteiger partial charge is 0.322 e. The molecule has 0 aromatic carbocycles. The molecule has 7 heteroatoms. The number of rotatable bonds is 5. The molecule has 3 rings (SSSR count). The first-order chi connectivity index (χ1) is 11.6. The van der Waals surface area contributed by atoms with Crippen LogP contribution in [0, 0.1) is 5.92 Å². The first-order valence-corrected chi connectivity index (χ1v) is 8.24. The van der Waals surface area contributed by atoms with Crippen LogP contribution in [0.2, 0.25) is 0 Å². The lowest BCUT2D eigenvalue weighted by atomic mass is 10.1. The van der Waals surface area contributed by atoms with Gasteiger partial charge in [-0.1, -0.05) is 6.42 Å². The van der Waals surface area contributed by atoms with Gasteiger partial charge in [-0.25, -0.2) is 4.79 Å². The van der Waals surface area contributed by atoms with Gasteiger partial charge in [0.25, 0.3) is 0 Å². The van der Waals surface area contributed by atoms with Crippen molar-refractivity contribution in [3.05, 3.63) is 42.4 Å². The van der Waals surface area contributed by atoms with Crippen molar-refractivity contribution in [1.82, 2.24) is 19.7 Å². The zero-order chi connectivity index (χ0) is 16.9. The molecule has 1 aliphatic rings. The van der Waals surface area contributed by atoms with E-state index in [1.165, 1.54) is 0 Å². The van der Waals surface area contributed by atoms with Crippen molar-refractivity contribution in [2.24, 2.45) is 5.92 Å². The van der Waals surface area contributed by atoms with Crippen molar-refractivity contribution in [2.75, 3.05) is 18.9 Å². The maximum atomic E-state index is 12.3.